The number of amides is 3. The average molecular weight is 412 g/mol. The number of nitrogens with zero attached hydrogens (tertiary/aromatic N) is 2. The van der Waals surface area contributed by atoms with Crippen molar-refractivity contribution in [3.63, 3.8) is 0 Å². The van der Waals surface area contributed by atoms with Crippen LogP contribution in [0.3, 0.4) is 0 Å². The number of thiazole rings is 1. The van der Waals surface area contributed by atoms with E-state index in [1.165, 1.54) is 27.4 Å². The van der Waals surface area contributed by atoms with Gasteiger partial charge in [0, 0.05) is 30.5 Å². The van der Waals surface area contributed by atoms with Gasteiger partial charge in [0.25, 0.3) is 0 Å². The number of hydrogen-bond acceptors (Lipinski definition) is 5. The number of benzene rings is 1. The number of nitrogens with one attached hydrogen (secondary N) is 1. The third-order valence-corrected chi connectivity index (χ3v) is 6.67. The van der Waals surface area contributed by atoms with Gasteiger partial charge in [-0.15, -0.1) is 11.3 Å². The van der Waals surface area contributed by atoms with Crippen molar-refractivity contribution in [2.24, 2.45) is 11.8 Å². The molecule has 1 aliphatic heterocycles. The van der Waals surface area contributed by atoms with Crippen molar-refractivity contribution in [2.75, 3.05) is 11.9 Å². The van der Waals surface area contributed by atoms with Crippen molar-refractivity contribution in [3.8, 4) is 0 Å². The number of anilines is 1. The standard InChI is InChI=1S/C22H25N3O3S/c1-14-5-4-6-15(11-14)12-16-13-23-22(29-16)24-19(26)9-10-25-20(27)17-7-2-3-8-18(17)21(25)28/h4-6,11,13,17-18H,2-3,7-10,12H2,1H3,(H,23,24,26). The summed E-state index contributed by atoms with van der Waals surface area (Å²) in [5, 5.41) is 3.34. The summed E-state index contributed by atoms with van der Waals surface area (Å²) in [6.07, 6.45) is 6.24. The number of carbonyl (C=O) groups excluding carboxylic acids is 3. The van der Waals surface area contributed by atoms with Gasteiger partial charge >= 0.3 is 0 Å². The van der Waals surface area contributed by atoms with Gasteiger partial charge < -0.3 is 5.32 Å². The lowest BCUT2D eigenvalue weighted by molar-refractivity contribution is -0.140. The van der Waals surface area contributed by atoms with E-state index in [2.05, 4.69) is 35.4 Å². The van der Waals surface area contributed by atoms with Gasteiger partial charge in [0.1, 0.15) is 0 Å². The van der Waals surface area contributed by atoms with Crippen LogP contribution in [0.5, 0.6) is 0 Å². The Morgan fingerprint density at radius 2 is 1.93 bits per heavy atom. The van der Waals surface area contributed by atoms with Crippen LogP contribution in [0.4, 0.5) is 5.13 Å². The molecule has 1 aliphatic carbocycles. The molecule has 1 aromatic heterocycles. The third kappa shape index (κ3) is 4.40. The highest BCUT2D eigenvalue weighted by Gasteiger charge is 2.47. The minimum absolute atomic E-state index is 0.0952. The van der Waals surface area contributed by atoms with E-state index in [0.29, 0.717) is 5.13 Å². The first-order chi connectivity index (χ1) is 14.0. The van der Waals surface area contributed by atoms with Crippen molar-refractivity contribution >= 4 is 34.2 Å². The topological polar surface area (TPSA) is 79.4 Å². The third-order valence-electron chi connectivity index (χ3n) is 5.76. The van der Waals surface area contributed by atoms with Gasteiger partial charge in [-0.1, -0.05) is 42.7 Å². The first kappa shape index (κ1) is 19.8. The number of aryl methyl sites for hydroxylation is 1. The number of likely N-dealkylation sites (tertiary alicyclic amines) is 1. The Hall–Kier alpha value is -2.54. The van der Waals surface area contributed by atoms with Gasteiger partial charge in [-0.2, -0.15) is 0 Å². The van der Waals surface area contributed by atoms with E-state index in [1.807, 2.05) is 6.07 Å². The normalized spacial score (nSPS) is 21.3. The zero-order chi connectivity index (χ0) is 20.4. The van der Waals surface area contributed by atoms with E-state index in [0.717, 1.165) is 37.0 Å². The Morgan fingerprint density at radius 1 is 1.21 bits per heavy atom. The second-order valence-electron chi connectivity index (χ2n) is 7.92. The smallest absolute Gasteiger partial charge is 0.233 e. The highest BCUT2D eigenvalue weighted by Crippen LogP contribution is 2.38. The highest BCUT2D eigenvalue weighted by atomic mass is 32.1. The summed E-state index contributed by atoms with van der Waals surface area (Å²) in [5.41, 5.74) is 2.42. The maximum absolute atomic E-state index is 12.5. The van der Waals surface area contributed by atoms with Crippen LogP contribution < -0.4 is 5.32 Å². The second-order valence-corrected chi connectivity index (χ2v) is 9.04. The molecule has 0 radical (unpaired) electrons. The van der Waals surface area contributed by atoms with Crippen molar-refractivity contribution in [1.29, 1.82) is 0 Å². The van der Waals surface area contributed by atoms with Crippen LogP contribution in [0.2, 0.25) is 0 Å². The molecule has 6 nitrogen and oxygen atoms in total. The van der Waals surface area contributed by atoms with E-state index in [-0.39, 0.29) is 42.5 Å². The lowest BCUT2D eigenvalue weighted by Crippen LogP contribution is -2.34. The largest absolute Gasteiger partial charge is 0.302 e. The molecule has 1 N–H and O–H groups in total. The van der Waals surface area contributed by atoms with Crippen LogP contribution >= 0.6 is 11.3 Å². The van der Waals surface area contributed by atoms with Crippen molar-refractivity contribution in [2.45, 2.75) is 45.4 Å². The van der Waals surface area contributed by atoms with E-state index >= 15 is 0 Å². The van der Waals surface area contributed by atoms with Crippen LogP contribution in [-0.4, -0.2) is 34.2 Å². The lowest BCUT2D eigenvalue weighted by Gasteiger charge is -2.19. The second kappa shape index (κ2) is 8.45. The van der Waals surface area contributed by atoms with Crippen LogP contribution in [0.15, 0.2) is 30.5 Å². The monoisotopic (exact) mass is 411 g/mol. The predicted octanol–water partition coefficient (Wildman–Crippen LogP) is 3.55. The van der Waals surface area contributed by atoms with E-state index in [9.17, 15) is 14.4 Å². The zero-order valence-corrected chi connectivity index (χ0v) is 17.3. The maximum atomic E-state index is 12.5. The summed E-state index contributed by atoms with van der Waals surface area (Å²) in [6, 6.07) is 8.31. The molecule has 1 saturated heterocycles. The molecule has 0 spiro atoms. The SMILES string of the molecule is Cc1cccc(Cc2cnc(NC(=O)CCN3C(=O)C4CCCCC4C3=O)s2)c1. The lowest BCUT2D eigenvalue weighted by atomic mass is 9.81. The number of rotatable bonds is 6. The summed E-state index contributed by atoms with van der Waals surface area (Å²) in [5.74, 6) is -0.744. The molecule has 4 rings (SSSR count). The molecule has 1 saturated carbocycles. The van der Waals surface area contributed by atoms with Crippen molar-refractivity contribution in [3.05, 3.63) is 46.5 Å². The van der Waals surface area contributed by atoms with Crippen molar-refractivity contribution in [1.82, 2.24) is 9.88 Å². The van der Waals surface area contributed by atoms with Gasteiger partial charge in [0.2, 0.25) is 17.7 Å². The molecule has 3 amide bonds. The fourth-order valence-electron chi connectivity index (χ4n) is 4.32. The molecule has 2 aliphatic rings. The van der Waals surface area contributed by atoms with Crippen molar-refractivity contribution < 1.29 is 14.4 Å². The number of aromatic nitrogens is 1. The van der Waals surface area contributed by atoms with E-state index in [4.69, 9.17) is 0 Å². The van der Waals surface area contributed by atoms with Gasteiger partial charge in [-0.3, -0.25) is 19.3 Å². The fraction of sp³-hybridized carbons (Fsp3) is 0.455. The predicted molar refractivity (Wildman–Crippen MR) is 112 cm³/mol. The molecule has 2 fully saturated rings. The van der Waals surface area contributed by atoms with E-state index in [1.54, 1.807) is 6.20 Å². The molecule has 2 heterocycles. The van der Waals surface area contributed by atoms with Gasteiger partial charge in [0.05, 0.1) is 11.8 Å². The molecule has 2 aromatic rings. The first-order valence-electron chi connectivity index (χ1n) is 10.2. The summed E-state index contributed by atoms with van der Waals surface area (Å²) in [7, 11) is 0. The Morgan fingerprint density at radius 3 is 2.62 bits per heavy atom. The Bertz CT molecular complexity index is 915. The van der Waals surface area contributed by atoms with Gasteiger partial charge in [-0.05, 0) is 25.3 Å². The summed E-state index contributed by atoms with van der Waals surface area (Å²) >= 11 is 1.45. The van der Waals surface area contributed by atoms with Gasteiger partial charge in [-0.25, -0.2) is 4.98 Å². The highest BCUT2D eigenvalue weighted by molar-refractivity contribution is 7.15. The Balaban J connectivity index is 1.30. The van der Waals surface area contributed by atoms with Crippen LogP contribution in [-0.2, 0) is 20.8 Å². The molecule has 1 aromatic carbocycles. The first-order valence-corrected chi connectivity index (χ1v) is 11.0. The molecule has 0 bridgehead atoms. The Labute approximate surface area is 174 Å². The fourth-order valence-corrected chi connectivity index (χ4v) is 5.18. The molecular formula is C22H25N3O3S. The molecule has 2 unspecified atom stereocenters. The minimum atomic E-state index is -0.225. The molecule has 2 atom stereocenters. The molecule has 152 valence electrons. The zero-order valence-electron chi connectivity index (χ0n) is 16.5. The number of imide groups is 1. The summed E-state index contributed by atoms with van der Waals surface area (Å²) in [6.45, 7) is 2.21. The van der Waals surface area contributed by atoms with E-state index < -0.39 is 0 Å². The van der Waals surface area contributed by atoms with Gasteiger partial charge in [0.15, 0.2) is 5.13 Å². The summed E-state index contributed by atoms with van der Waals surface area (Å²) in [4.78, 5) is 43.9. The summed E-state index contributed by atoms with van der Waals surface area (Å²) < 4.78 is 0. The molecule has 29 heavy (non-hydrogen) atoms. The minimum Gasteiger partial charge on any atom is -0.302 e. The molecule has 7 heteroatoms. The Kier molecular flexibility index (Phi) is 5.76. The average Bonchev–Trinajstić information content (AvgIpc) is 3.23. The quantitative estimate of drug-likeness (QED) is 0.738. The van der Waals surface area contributed by atoms with Crippen LogP contribution in [0.1, 0.15) is 48.1 Å². The maximum Gasteiger partial charge on any atom is 0.233 e. The van der Waals surface area contributed by atoms with Crippen LogP contribution in [0.25, 0.3) is 0 Å². The number of carbonyl (C=O) groups is 3. The number of hydrogen-bond donors (Lipinski definition) is 1. The van der Waals surface area contributed by atoms with Crippen LogP contribution in [0, 0.1) is 18.8 Å². The number of fused-ring (bicyclic) bond motifs is 1. The molecular weight excluding hydrogens is 386 g/mol.